The zero-order chi connectivity index (χ0) is 38.9. The van der Waals surface area contributed by atoms with Crippen molar-refractivity contribution >= 4 is 98.6 Å². The van der Waals surface area contributed by atoms with Gasteiger partial charge in [-0.25, -0.2) is 0 Å². The first-order chi connectivity index (χ1) is 25.1. The predicted octanol–water partition coefficient (Wildman–Crippen LogP) is 9.19. The molecule has 0 unspecified atom stereocenters. The zero-order valence-electron chi connectivity index (χ0n) is 31.4. The number of benzene rings is 5. The molecule has 54 heavy (non-hydrogen) atoms. The molecule has 2 saturated heterocycles. The summed E-state index contributed by atoms with van der Waals surface area (Å²) in [5.74, 6) is -1.56. The second-order valence-corrected chi connectivity index (χ2v) is 20.0. The van der Waals surface area contributed by atoms with Crippen molar-refractivity contribution in [3.8, 4) is 0 Å². The summed E-state index contributed by atoms with van der Waals surface area (Å²) in [5.41, 5.74) is -1.50. The number of piperidine rings is 2. The van der Waals surface area contributed by atoms with E-state index in [1.807, 2.05) is 67.5 Å². The molecule has 5 aromatic rings. The molecule has 9 rings (SSSR count). The maximum atomic E-state index is 14.6. The van der Waals surface area contributed by atoms with Gasteiger partial charge < -0.3 is 0 Å². The molecule has 0 atom stereocenters. The van der Waals surface area contributed by atoms with E-state index >= 15 is 0 Å². The van der Waals surface area contributed by atoms with Crippen LogP contribution in [-0.4, -0.2) is 77.8 Å². The van der Waals surface area contributed by atoms with E-state index in [-0.39, 0.29) is 11.8 Å². The average Bonchev–Trinajstić information content (AvgIpc) is 3.07. The highest BCUT2D eigenvalue weighted by Crippen LogP contribution is 2.52. The van der Waals surface area contributed by atoms with Crippen molar-refractivity contribution in [2.45, 2.75) is 115 Å². The average molecular weight is 857 g/mol. The van der Waals surface area contributed by atoms with Crippen LogP contribution in [0.3, 0.4) is 0 Å². The lowest BCUT2D eigenvalue weighted by molar-refractivity contribution is -0.292. The molecule has 4 amide bonds. The molecule has 2 fully saturated rings. The number of nitrogens with zero attached hydrogens (tertiary/aromatic N) is 4. The molecular formula is C42H40Br2N4O6. The van der Waals surface area contributed by atoms with Crippen LogP contribution in [0.1, 0.15) is 123 Å². The van der Waals surface area contributed by atoms with E-state index in [1.54, 1.807) is 24.3 Å². The van der Waals surface area contributed by atoms with Gasteiger partial charge in [0.1, 0.15) is 0 Å². The second-order valence-electron chi connectivity index (χ2n) is 18.3. The van der Waals surface area contributed by atoms with Gasteiger partial charge in [0.25, 0.3) is 23.6 Å². The van der Waals surface area contributed by atoms with Crippen LogP contribution in [0.25, 0.3) is 43.1 Å². The van der Waals surface area contributed by atoms with Crippen LogP contribution in [0.4, 0.5) is 0 Å². The van der Waals surface area contributed by atoms with Gasteiger partial charge in [-0.3, -0.25) is 29.0 Å². The van der Waals surface area contributed by atoms with Gasteiger partial charge in [0.15, 0.2) is 0 Å². The lowest BCUT2D eigenvalue weighted by atomic mass is 9.76. The predicted molar refractivity (Wildman–Crippen MR) is 211 cm³/mol. The molecular weight excluding hydrogens is 816 g/mol. The number of amides is 4. The van der Waals surface area contributed by atoms with Gasteiger partial charge >= 0.3 is 0 Å². The Labute approximate surface area is 329 Å². The SMILES string of the molecule is CC1(C)CC(N2C(=O)c3ccc4c5c(Br)cc6c7c(ccc(c8c(Br)cc(c3c48)C2=O)c75)C(=O)N(C2CC(C)(C)N([O])C(C)(C)C2)C6=O)CC(C)(C)N1[O]. The quantitative estimate of drug-likeness (QED) is 0.0993. The Kier molecular flexibility index (Phi) is 7.41. The minimum Gasteiger partial charge on any atom is -0.271 e. The van der Waals surface area contributed by atoms with Gasteiger partial charge in [-0.1, -0.05) is 44.0 Å². The molecule has 5 aromatic carbocycles. The molecule has 2 radical (unpaired) electrons. The first kappa shape index (κ1) is 36.1. The smallest absolute Gasteiger partial charge is 0.261 e. The summed E-state index contributed by atoms with van der Waals surface area (Å²) >= 11 is 7.63. The molecule has 0 aromatic heterocycles. The highest BCUT2D eigenvalue weighted by Gasteiger charge is 2.53. The Hall–Kier alpha value is -3.52. The summed E-state index contributed by atoms with van der Waals surface area (Å²) in [6.07, 6.45) is 1.40. The molecule has 4 heterocycles. The summed E-state index contributed by atoms with van der Waals surface area (Å²) in [7, 11) is 0. The van der Waals surface area contributed by atoms with E-state index in [9.17, 15) is 29.6 Å². The Morgan fingerprint density at radius 3 is 1.07 bits per heavy atom. The third-order valence-corrected chi connectivity index (χ3v) is 13.9. The summed E-state index contributed by atoms with van der Waals surface area (Å²) in [5, 5.41) is 34.3. The van der Waals surface area contributed by atoms with Crippen LogP contribution in [0.15, 0.2) is 45.3 Å². The van der Waals surface area contributed by atoms with Gasteiger partial charge in [0.2, 0.25) is 0 Å². The summed E-state index contributed by atoms with van der Waals surface area (Å²) < 4.78 is 1.29. The number of halogens is 2. The normalized spacial score (nSPS) is 23.3. The molecule has 0 aliphatic carbocycles. The fourth-order valence-electron chi connectivity index (χ4n) is 10.9. The molecule has 0 saturated carbocycles. The van der Waals surface area contributed by atoms with Crippen LogP contribution in [0.2, 0.25) is 0 Å². The number of carbonyl (C=O) groups is 4. The Morgan fingerprint density at radius 2 is 0.759 bits per heavy atom. The Bertz CT molecular complexity index is 2380. The van der Waals surface area contributed by atoms with Crippen molar-refractivity contribution in [1.82, 2.24) is 19.9 Å². The summed E-state index contributed by atoms with van der Waals surface area (Å²) in [4.78, 5) is 60.8. The number of rotatable bonds is 2. The largest absolute Gasteiger partial charge is 0.271 e. The fourth-order valence-corrected chi connectivity index (χ4v) is 12.1. The van der Waals surface area contributed by atoms with E-state index in [2.05, 4.69) is 31.9 Å². The topological polar surface area (TPSA) is 121 Å². The minimum absolute atomic E-state index is 0.350. The van der Waals surface area contributed by atoms with Gasteiger partial charge in [0.05, 0.1) is 0 Å². The molecule has 278 valence electrons. The van der Waals surface area contributed by atoms with Gasteiger partial charge in [-0.05, 0) is 116 Å². The molecule has 12 heteroatoms. The number of hydrogen-bond acceptors (Lipinski definition) is 6. The van der Waals surface area contributed by atoms with Crippen molar-refractivity contribution in [1.29, 1.82) is 0 Å². The highest BCUT2D eigenvalue weighted by molar-refractivity contribution is 9.11. The van der Waals surface area contributed by atoms with Gasteiger partial charge in [-0.15, -0.1) is 20.5 Å². The lowest BCUT2D eigenvalue weighted by Crippen LogP contribution is -2.64. The molecule has 0 spiro atoms. The lowest BCUT2D eigenvalue weighted by Gasteiger charge is -2.52. The fraction of sp³-hybridized carbons (Fsp3) is 0.429. The van der Waals surface area contributed by atoms with Crippen molar-refractivity contribution in [3.63, 3.8) is 0 Å². The second kappa shape index (κ2) is 11.1. The van der Waals surface area contributed by atoms with Gasteiger partial charge in [-0.2, -0.15) is 0 Å². The van der Waals surface area contributed by atoms with E-state index in [4.69, 9.17) is 0 Å². The van der Waals surface area contributed by atoms with Crippen molar-refractivity contribution in [2.24, 2.45) is 0 Å². The number of imide groups is 2. The number of hydroxylamine groups is 4. The molecule has 0 bridgehead atoms. The van der Waals surface area contributed by atoms with Crippen LogP contribution >= 0.6 is 31.9 Å². The zero-order valence-corrected chi connectivity index (χ0v) is 34.6. The van der Waals surface area contributed by atoms with E-state index in [0.29, 0.717) is 67.7 Å². The number of fused-ring (bicyclic) bond motifs is 2. The molecule has 10 nitrogen and oxygen atoms in total. The maximum Gasteiger partial charge on any atom is 0.261 e. The van der Waals surface area contributed by atoms with Crippen LogP contribution < -0.4 is 0 Å². The first-order valence-electron chi connectivity index (χ1n) is 18.4. The molecule has 4 aliphatic heterocycles. The van der Waals surface area contributed by atoms with E-state index in [0.717, 1.165) is 42.4 Å². The maximum absolute atomic E-state index is 14.6. The monoisotopic (exact) mass is 854 g/mol. The molecule has 4 aliphatic rings. The van der Waals surface area contributed by atoms with E-state index in [1.165, 1.54) is 9.80 Å². The first-order valence-corrected chi connectivity index (χ1v) is 20.0. The summed E-state index contributed by atoms with van der Waals surface area (Å²) in [6.45, 7) is 14.8. The van der Waals surface area contributed by atoms with Crippen LogP contribution in [0, 0.1) is 0 Å². The van der Waals surface area contributed by atoms with E-state index < -0.39 is 46.1 Å². The number of hydrogen-bond donors (Lipinski definition) is 0. The number of carbonyl (C=O) groups excluding carboxylic acids is 4. The van der Waals surface area contributed by atoms with Crippen molar-refractivity contribution < 1.29 is 29.6 Å². The molecule has 0 N–H and O–H groups in total. The minimum atomic E-state index is -0.784. The van der Waals surface area contributed by atoms with Crippen LogP contribution in [-0.2, 0) is 10.4 Å². The summed E-state index contributed by atoms with van der Waals surface area (Å²) in [6, 6.07) is 9.97. The third-order valence-electron chi connectivity index (χ3n) is 12.7. The standard InChI is InChI=1S/C42H40Br2N4O6/c1-39(2)15-19(16-40(3,4)47(39)53)45-35(49)23-11-9-21-32-28(44)14-26-30-24(36(50)46(38(26)52)20-17-41(5,6)48(54)42(7,8)18-20)12-10-22(34(30)32)31-27(43)13-25(37(45)51)29(23)33(21)31/h9-14,19-20H,15-18H2,1-8H3. The van der Waals surface area contributed by atoms with Crippen molar-refractivity contribution in [2.75, 3.05) is 0 Å². The van der Waals surface area contributed by atoms with Crippen LogP contribution in [0.5, 0.6) is 0 Å². The van der Waals surface area contributed by atoms with Crippen molar-refractivity contribution in [3.05, 3.63) is 67.6 Å². The Balaban J connectivity index is 1.24. The highest BCUT2D eigenvalue weighted by atomic mass is 79.9. The Morgan fingerprint density at radius 1 is 0.463 bits per heavy atom. The third kappa shape index (κ3) is 4.58. The van der Waals surface area contributed by atoms with Gasteiger partial charge in [0, 0.05) is 97.8 Å².